The lowest BCUT2D eigenvalue weighted by molar-refractivity contribution is 0.178. The van der Waals surface area contributed by atoms with E-state index >= 15 is 0 Å². The van der Waals surface area contributed by atoms with Gasteiger partial charge in [-0.2, -0.15) is 5.10 Å². The fourth-order valence-corrected chi connectivity index (χ4v) is 2.22. The van der Waals surface area contributed by atoms with Gasteiger partial charge in [0.05, 0.1) is 5.69 Å². The van der Waals surface area contributed by atoms with Crippen LogP contribution < -0.4 is 5.32 Å². The second-order valence-electron chi connectivity index (χ2n) is 4.03. The van der Waals surface area contributed by atoms with Crippen LogP contribution in [0.1, 0.15) is 25.6 Å². The molecule has 0 bridgehead atoms. The highest BCUT2D eigenvalue weighted by Crippen LogP contribution is 2.19. The predicted molar refractivity (Wildman–Crippen MR) is 60.8 cm³/mol. The number of hydrogen-bond donors (Lipinski definition) is 1. The fraction of sp³-hybridized carbons (Fsp3) is 0.727. The minimum absolute atomic E-state index is 0.481. The van der Waals surface area contributed by atoms with Crippen molar-refractivity contribution < 1.29 is 0 Å². The standard InChI is InChI=1S/C11H20N4/c1-3-15-11(4-5-13-15)10(2)14-8-6-12-7-9-14/h4-5,10,12H,3,6-9H2,1-2H3. The third kappa shape index (κ3) is 2.21. The summed E-state index contributed by atoms with van der Waals surface area (Å²) >= 11 is 0. The number of hydrogen-bond acceptors (Lipinski definition) is 3. The first kappa shape index (κ1) is 10.6. The van der Waals surface area contributed by atoms with Gasteiger partial charge in [-0.25, -0.2) is 0 Å². The van der Waals surface area contributed by atoms with Gasteiger partial charge < -0.3 is 5.32 Å². The van der Waals surface area contributed by atoms with Crippen LogP contribution in [0.2, 0.25) is 0 Å². The zero-order valence-corrected chi connectivity index (χ0v) is 9.61. The predicted octanol–water partition coefficient (Wildman–Crippen LogP) is 0.869. The average Bonchev–Trinajstić information content (AvgIpc) is 2.77. The topological polar surface area (TPSA) is 33.1 Å². The highest BCUT2D eigenvalue weighted by molar-refractivity contribution is 5.06. The Balaban J connectivity index is 2.08. The van der Waals surface area contributed by atoms with E-state index in [1.165, 1.54) is 5.69 Å². The largest absolute Gasteiger partial charge is 0.314 e. The van der Waals surface area contributed by atoms with Crippen LogP contribution in [0.15, 0.2) is 12.3 Å². The van der Waals surface area contributed by atoms with E-state index in [-0.39, 0.29) is 0 Å². The van der Waals surface area contributed by atoms with E-state index in [1.54, 1.807) is 0 Å². The van der Waals surface area contributed by atoms with Crippen LogP contribution in [0.5, 0.6) is 0 Å². The second kappa shape index (κ2) is 4.77. The number of aryl methyl sites for hydroxylation is 1. The van der Waals surface area contributed by atoms with Crippen molar-refractivity contribution in [2.24, 2.45) is 0 Å². The molecule has 1 unspecified atom stereocenters. The third-order valence-electron chi connectivity index (χ3n) is 3.18. The van der Waals surface area contributed by atoms with Crippen LogP contribution in [0.4, 0.5) is 0 Å². The van der Waals surface area contributed by atoms with E-state index in [0.717, 1.165) is 32.7 Å². The minimum atomic E-state index is 0.481. The van der Waals surface area contributed by atoms with Gasteiger partial charge in [-0.15, -0.1) is 0 Å². The van der Waals surface area contributed by atoms with Crippen molar-refractivity contribution in [1.82, 2.24) is 20.0 Å². The Kier molecular flexibility index (Phi) is 3.38. The zero-order chi connectivity index (χ0) is 10.7. The monoisotopic (exact) mass is 208 g/mol. The molecule has 0 amide bonds. The maximum Gasteiger partial charge on any atom is 0.0552 e. The molecule has 1 aliphatic rings. The molecule has 0 aromatic carbocycles. The van der Waals surface area contributed by atoms with Gasteiger partial charge in [0.15, 0.2) is 0 Å². The third-order valence-corrected chi connectivity index (χ3v) is 3.18. The van der Waals surface area contributed by atoms with Crippen molar-refractivity contribution in [3.63, 3.8) is 0 Å². The van der Waals surface area contributed by atoms with E-state index in [9.17, 15) is 0 Å². The number of nitrogens with one attached hydrogen (secondary N) is 1. The summed E-state index contributed by atoms with van der Waals surface area (Å²) < 4.78 is 2.09. The zero-order valence-electron chi connectivity index (χ0n) is 9.61. The molecule has 0 radical (unpaired) electrons. The van der Waals surface area contributed by atoms with Gasteiger partial charge in [-0.05, 0) is 19.9 Å². The molecule has 1 aromatic rings. The maximum atomic E-state index is 4.32. The first-order valence-corrected chi connectivity index (χ1v) is 5.79. The summed E-state index contributed by atoms with van der Waals surface area (Å²) in [5.41, 5.74) is 1.33. The lowest BCUT2D eigenvalue weighted by Gasteiger charge is -2.32. The Labute approximate surface area is 91.3 Å². The summed E-state index contributed by atoms with van der Waals surface area (Å²) in [5, 5.41) is 7.70. The summed E-state index contributed by atoms with van der Waals surface area (Å²) in [6.45, 7) is 9.84. The fourth-order valence-electron chi connectivity index (χ4n) is 2.22. The van der Waals surface area contributed by atoms with E-state index in [4.69, 9.17) is 0 Å². The van der Waals surface area contributed by atoms with Crippen LogP contribution in [0.25, 0.3) is 0 Å². The van der Waals surface area contributed by atoms with Crippen LogP contribution in [-0.4, -0.2) is 40.9 Å². The molecular formula is C11H20N4. The molecule has 1 N–H and O–H groups in total. The Hall–Kier alpha value is -0.870. The number of nitrogens with zero attached hydrogens (tertiary/aromatic N) is 3. The van der Waals surface area contributed by atoms with E-state index in [0.29, 0.717) is 6.04 Å². The maximum absolute atomic E-state index is 4.32. The second-order valence-corrected chi connectivity index (χ2v) is 4.03. The van der Waals surface area contributed by atoms with Crippen molar-refractivity contribution in [2.75, 3.05) is 26.2 Å². The van der Waals surface area contributed by atoms with Crippen molar-refractivity contribution in [3.8, 4) is 0 Å². The lowest BCUT2D eigenvalue weighted by atomic mass is 10.2. The molecule has 0 saturated carbocycles. The van der Waals surface area contributed by atoms with Crippen molar-refractivity contribution in [3.05, 3.63) is 18.0 Å². The quantitative estimate of drug-likeness (QED) is 0.800. The van der Waals surface area contributed by atoms with Crippen molar-refractivity contribution in [2.45, 2.75) is 26.4 Å². The summed E-state index contributed by atoms with van der Waals surface area (Å²) in [6.07, 6.45) is 1.90. The van der Waals surface area contributed by atoms with Gasteiger partial charge in [0, 0.05) is 45.0 Å². The Morgan fingerprint density at radius 1 is 1.47 bits per heavy atom. The van der Waals surface area contributed by atoms with Crippen LogP contribution in [0, 0.1) is 0 Å². The highest BCUT2D eigenvalue weighted by Gasteiger charge is 2.20. The van der Waals surface area contributed by atoms with Crippen LogP contribution in [0.3, 0.4) is 0 Å². The molecular weight excluding hydrogens is 188 g/mol. The lowest BCUT2D eigenvalue weighted by Crippen LogP contribution is -2.44. The Morgan fingerprint density at radius 2 is 2.20 bits per heavy atom. The summed E-state index contributed by atoms with van der Waals surface area (Å²) in [5.74, 6) is 0. The molecule has 0 spiro atoms. The van der Waals surface area contributed by atoms with E-state index in [2.05, 4.69) is 39.9 Å². The van der Waals surface area contributed by atoms with Gasteiger partial charge >= 0.3 is 0 Å². The molecule has 2 heterocycles. The molecule has 84 valence electrons. The molecule has 2 rings (SSSR count). The molecule has 1 atom stereocenters. The summed E-state index contributed by atoms with van der Waals surface area (Å²) in [4.78, 5) is 2.51. The van der Waals surface area contributed by atoms with Gasteiger partial charge in [-0.3, -0.25) is 9.58 Å². The normalized spacial score (nSPS) is 20.4. The van der Waals surface area contributed by atoms with Gasteiger partial charge in [0.25, 0.3) is 0 Å². The molecule has 4 heteroatoms. The molecule has 4 nitrogen and oxygen atoms in total. The summed E-state index contributed by atoms with van der Waals surface area (Å²) in [7, 11) is 0. The average molecular weight is 208 g/mol. The van der Waals surface area contributed by atoms with Crippen molar-refractivity contribution in [1.29, 1.82) is 0 Å². The van der Waals surface area contributed by atoms with Gasteiger partial charge in [-0.1, -0.05) is 0 Å². The minimum Gasteiger partial charge on any atom is -0.314 e. The number of piperazine rings is 1. The molecule has 0 aliphatic carbocycles. The van der Waals surface area contributed by atoms with Crippen LogP contribution >= 0.6 is 0 Å². The number of rotatable bonds is 3. The van der Waals surface area contributed by atoms with Crippen LogP contribution in [-0.2, 0) is 6.54 Å². The number of aromatic nitrogens is 2. The molecule has 1 saturated heterocycles. The first-order valence-electron chi connectivity index (χ1n) is 5.79. The SMILES string of the molecule is CCn1nccc1C(C)N1CCNCC1. The Bertz CT molecular complexity index is 301. The summed E-state index contributed by atoms with van der Waals surface area (Å²) in [6, 6.07) is 2.62. The first-order chi connectivity index (χ1) is 7.33. The van der Waals surface area contributed by atoms with Crippen molar-refractivity contribution >= 4 is 0 Å². The molecule has 1 fully saturated rings. The van der Waals surface area contributed by atoms with Gasteiger partial charge in [0.1, 0.15) is 0 Å². The Morgan fingerprint density at radius 3 is 2.87 bits per heavy atom. The molecule has 15 heavy (non-hydrogen) atoms. The molecule has 1 aromatic heterocycles. The van der Waals surface area contributed by atoms with Gasteiger partial charge in [0.2, 0.25) is 0 Å². The molecule has 1 aliphatic heterocycles. The highest BCUT2D eigenvalue weighted by atomic mass is 15.3. The van der Waals surface area contributed by atoms with E-state index < -0.39 is 0 Å². The smallest absolute Gasteiger partial charge is 0.0552 e. The van der Waals surface area contributed by atoms with E-state index in [1.807, 2.05) is 6.20 Å².